The van der Waals surface area contributed by atoms with E-state index in [-0.39, 0.29) is 11.4 Å². The molecule has 0 aliphatic rings. The Hall–Kier alpha value is -3.40. The van der Waals surface area contributed by atoms with Crippen molar-refractivity contribution in [3.8, 4) is 11.4 Å². The lowest BCUT2D eigenvalue weighted by atomic mass is 10.1. The summed E-state index contributed by atoms with van der Waals surface area (Å²) in [5.74, 6) is 6.16. The third-order valence-corrected chi connectivity index (χ3v) is 5.04. The number of aryl methyl sites for hydroxylation is 1. The summed E-state index contributed by atoms with van der Waals surface area (Å²) in [5.41, 5.74) is 1.89. The van der Waals surface area contributed by atoms with Crippen molar-refractivity contribution in [3.05, 3.63) is 64.2 Å². The molecule has 0 saturated carbocycles. The molecular formula is C18H18N6O3S. The fourth-order valence-electron chi connectivity index (χ4n) is 2.44. The molecule has 0 unspecified atom stereocenters. The Morgan fingerprint density at radius 1 is 1.21 bits per heavy atom. The van der Waals surface area contributed by atoms with Crippen molar-refractivity contribution in [1.29, 1.82) is 0 Å². The van der Waals surface area contributed by atoms with Crippen molar-refractivity contribution in [1.82, 2.24) is 14.9 Å². The summed E-state index contributed by atoms with van der Waals surface area (Å²) in [4.78, 5) is 23.0. The first-order valence-electron chi connectivity index (χ1n) is 8.35. The number of hydrogen-bond acceptors (Lipinski definition) is 7. The highest BCUT2D eigenvalue weighted by atomic mass is 32.2. The molecule has 9 nitrogen and oxygen atoms in total. The van der Waals surface area contributed by atoms with E-state index < -0.39 is 16.1 Å². The van der Waals surface area contributed by atoms with Crippen molar-refractivity contribution >= 4 is 29.0 Å². The van der Waals surface area contributed by atoms with E-state index in [2.05, 4.69) is 15.5 Å². The summed E-state index contributed by atoms with van der Waals surface area (Å²) < 4.78 is 1.32. The molecule has 0 bridgehead atoms. The highest BCUT2D eigenvalue weighted by molar-refractivity contribution is 8.00. The summed E-state index contributed by atoms with van der Waals surface area (Å²) in [5, 5.41) is 21.6. The average Bonchev–Trinajstić information content (AvgIpc) is 3.03. The number of aromatic nitrogens is 3. The molecular weight excluding hydrogens is 380 g/mol. The van der Waals surface area contributed by atoms with Crippen LogP contribution in [-0.2, 0) is 4.79 Å². The lowest BCUT2D eigenvalue weighted by Gasteiger charge is -2.11. The zero-order valence-electron chi connectivity index (χ0n) is 15.2. The van der Waals surface area contributed by atoms with Gasteiger partial charge >= 0.3 is 0 Å². The number of hydrogen-bond donors (Lipinski definition) is 2. The molecule has 1 heterocycles. The van der Waals surface area contributed by atoms with Crippen LogP contribution in [0.2, 0.25) is 0 Å². The smallest absolute Gasteiger partial charge is 0.292 e. The number of nitrogen functional groups attached to an aromatic ring is 1. The molecule has 2 aromatic carbocycles. The van der Waals surface area contributed by atoms with E-state index in [9.17, 15) is 14.9 Å². The number of carbonyl (C=O) groups is 1. The fraction of sp³-hybridized carbons (Fsp3) is 0.167. The van der Waals surface area contributed by atoms with Gasteiger partial charge in [0.1, 0.15) is 5.69 Å². The Balaban J connectivity index is 1.73. The van der Waals surface area contributed by atoms with Crippen molar-refractivity contribution < 1.29 is 9.72 Å². The summed E-state index contributed by atoms with van der Waals surface area (Å²) in [6.07, 6.45) is 0. The van der Waals surface area contributed by atoms with E-state index in [1.807, 2.05) is 31.2 Å². The van der Waals surface area contributed by atoms with Crippen LogP contribution < -0.4 is 11.2 Å². The van der Waals surface area contributed by atoms with Gasteiger partial charge in [-0.25, -0.2) is 4.68 Å². The molecule has 0 aliphatic carbocycles. The molecule has 144 valence electrons. The Labute approximate surface area is 165 Å². The summed E-state index contributed by atoms with van der Waals surface area (Å²) in [7, 11) is 0. The van der Waals surface area contributed by atoms with Gasteiger partial charge in [-0.1, -0.05) is 53.7 Å². The van der Waals surface area contributed by atoms with Gasteiger partial charge in [-0.05, 0) is 19.9 Å². The number of anilines is 1. The van der Waals surface area contributed by atoms with Crippen LogP contribution in [0.25, 0.3) is 11.4 Å². The van der Waals surface area contributed by atoms with E-state index in [4.69, 9.17) is 5.84 Å². The van der Waals surface area contributed by atoms with Gasteiger partial charge in [-0.3, -0.25) is 14.9 Å². The average molecular weight is 398 g/mol. The Morgan fingerprint density at radius 2 is 1.89 bits per heavy atom. The van der Waals surface area contributed by atoms with Crippen LogP contribution in [0.1, 0.15) is 12.5 Å². The van der Waals surface area contributed by atoms with Gasteiger partial charge in [0, 0.05) is 11.6 Å². The van der Waals surface area contributed by atoms with E-state index >= 15 is 0 Å². The van der Waals surface area contributed by atoms with Crippen molar-refractivity contribution in [2.24, 2.45) is 0 Å². The van der Waals surface area contributed by atoms with Crippen molar-refractivity contribution in [2.75, 3.05) is 11.2 Å². The first kappa shape index (κ1) is 19.4. The molecule has 1 aromatic heterocycles. The summed E-state index contributed by atoms with van der Waals surface area (Å²) in [6.45, 7) is 3.64. The highest BCUT2D eigenvalue weighted by Gasteiger charge is 2.22. The minimum Gasteiger partial charge on any atom is -0.335 e. The van der Waals surface area contributed by atoms with Crippen LogP contribution in [0, 0.1) is 17.0 Å². The second-order valence-corrected chi connectivity index (χ2v) is 7.37. The molecule has 3 N–H and O–H groups in total. The molecule has 1 atom stereocenters. The van der Waals surface area contributed by atoms with Gasteiger partial charge in [-0.2, -0.15) is 0 Å². The number of nitro groups is 1. The van der Waals surface area contributed by atoms with Gasteiger partial charge in [0.05, 0.1) is 10.2 Å². The molecule has 1 amide bonds. The van der Waals surface area contributed by atoms with E-state index in [0.717, 1.165) is 22.9 Å². The van der Waals surface area contributed by atoms with Gasteiger partial charge in [0.25, 0.3) is 5.69 Å². The predicted octanol–water partition coefficient (Wildman–Crippen LogP) is 2.99. The second-order valence-electron chi connectivity index (χ2n) is 6.07. The Morgan fingerprint density at radius 3 is 2.57 bits per heavy atom. The van der Waals surface area contributed by atoms with Crippen LogP contribution in [0.5, 0.6) is 0 Å². The number of nitro benzene ring substituents is 1. The van der Waals surface area contributed by atoms with Gasteiger partial charge < -0.3 is 11.2 Å². The molecule has 0 spiro atoms. The zero-order chi connectivity index (χ0) is 20.3. The number of para-hydroxylation sites is 2. The quantitative estimate of drug-likeness (QED) is 0.282. The van der Waals surface area contributed by atoms with Crippen molar-refractivity contribution in [2.45, 2.75) is 24.3 Å². The molecule has 0 radical (unpaired) electrons. The molecule has 3 rings (SSSR count). The molecule has 28 heavy (non-hydrogen) atoms. The number of carbonyl (C=O) groups excluding carboxylic acids is 1. The number of nitrogens with zero attached hydrogens (tertiary/aromatic N) is 4. The largest absolute Gasteiger partial charge is 0.335 e. The third-order valence-electron chi connectivity index (χ3n) is 3.98. The van der Waals surface area contributed by atoms with E-state index in [0.29, 0.717) is 11.0 Å². The zero-order valence-corrected chi connectivity index (χ0v) is 16.0. The SMILES string of the molecule is Cc1ccc(-c2nnc(S[C@H](C)C(=O)Nc3ccccc3[N+](=O)[O-])n2N)cc1. The second kappa shape index (κ2) is 8.09. The Bertz CT molecular complexity index is 1020. The molecule has 3 aromatic rings. The Kier molecular flexibility index (Phi) is 5.59. The lowest BCUT2D eigenvalue weighted by Crippen LogP contribution is -2.24. The maximum atomic E-state index is 12.5. The monoisotopic (exact) mass is 398 g/mol. The topological polar surface area (TPSA) is 129 Å². The third kappa shape index (κ3) is 4.12. The summed E-state index contributed by atoms with van der Waals surface area (Å²) in [6, 6.07) is 13.6. The van der Waals surface area contributed by atoms with Gasteiger partial charge in [-0.15, -0.1) is 10.2 Å². The predicted molar refractivity (Wildman–Crippen MR) is 107 cm³/mol. The molecule has 0 aliphatic heterocycles. The molecule has 10 heteroatoms. The normalized spacial score (nSPS) is 11.8. The number of rotatable bonds is 6. The maximum absolute atomic E-state index is 12.5. The first-order valence-corrected chi connectivity index (χ1v) is 9.23. The standard InChI is InChI=1S/C18H18N6O3S/c1-11-7-9-13(10-8-11)16-21-22-18(23(16)19)28-12(2)17(25)20-14-5-3-4-6-15(14)24(26)27/h3-10,12H,19H2,1-2H3,(H,20,25)/t12-/m1/s1. The van der Waals surface area contributed by atoms with Gasteiger partial charge in [0.2, 0.25) is 11.1 Å². The number of nitrogens with one attached hydrogen (secondary N) is 1. The lowest BCUT2D eigenvalue weighted by molar-refractivity contribution is -0.383. The molecule has 0 saturated heterocycles. The van der Waals surface area contributed by atoms with Crippen LogP contribution >= 0.6 is 11.8 Å². The number of amides is 1. The van der Waals surface area contributed by atoms with Crippen molar-refractivity contribution in [3.63, 3.8) is 0 Å². The van der Waals surface area contributed by atoms with Crippen LogP contribution in [0.15, 0.2) is 53.7 Å². The highest BCUT2D eigenvalue weighted by Crippen LogP contribution is 2.27. The molecule has 0 fully saturated rings. The van der Waals surface area contributed by atoms with Gasteiger partial charge in [0.15, 0.2) is 5.82 Å². The van der Waals surface area contributed by atoms with Crippen LogP contribution in [0.3, 0.4) is 0 Å². The van der Waals surface area contributed by atoms with Crippen LogP contribution in [-0.4, -0.2) is 31.0 Å². The number of nitrogens with two attached hydrogens (primary N) is 1. The summed E-state index contributed by atoms with van der Waals surface area (Å²) >= 11 is 1.11. The first-order chi connectivity index (χ1) is 13.4. The number of thioether (sulfide) groups is 1. The number of benzene rings is 2. The minimum absolute atomic E-state index is 0.138. The van der Waals surface area contributed by atoms with E-state index in [1.54, 1.807) is 13.0 Å². The fourth-order valence-corrected chi connectivity index (χ4v) is 3.21. The van der Waals surface area contributed by atoms with Crippen LogP contribution in [0.4, 0.5) is 11.4 Å². The minimum atomic E-state index is -0.600. The van der Waals surface area contributed by atoms with E-state index in [1.165, 1.54) is 22.9 Å². The maximum Gasteiger partial charge on any atom is 0.292 e.